The molecule has 2 aromatic heterocycles. The molecule has 0 saturated carbocycles. The number of aryl methyl sites for hydroxylation is 1. The molecule has 110 valence electrons. The molecule has 3 N–H and O–H groups in total. The van der Waals surface area contributed by atoms with Crippen LogP contribution in [-0.4, -0.2) is 29.9 Å². The van der Waals surface area contributed by atoms with Crippen LogP contribution in [0.5, 0.6) is 0 Å². The van der Waals surface area contributed by atoms with E-state index >= 15 is 0 Å². The molecule has 0 bridgehead atoms. The summed E-state index contributed by atoms with van der Waals surface area (Å²) in [6, 6.07) is 0.0869. The minimum Gasteiger partial charge on any atom is -0.332 e. The number of anilines is 1. The van der Waals surface area contributed by atoms with Gasteiger partial charge in [-0.25, -0.2) is 9.97 Å². The van der Waals surface area contributed by atoms with Crippen LogP contribution in [0.1, 0.15) is 31.4 Å². The van der Waals surface area contributed by atoms with Crippen molar-refractivity contribution in [1.29, 1.82) is 0 Å². The topological polar surface area (TPSA) is 99.8 Å². The van der Waals surface area contributed by atoms with Gasteiger partial charge in [-0.15, -0.1) is 11.3 Å². The first-order valence-corrected chi connectivity index (χ1v) is 8.52. The largest absolute Gasteiger partial charge is 0.332 e. The maximum atomic E-state index is 12.1. The van der Waals surface area contributed by atoms with Crippen LogP contribution in [0.4, 0.5) is 5.13 Å². The average molecular weight is 315 g/mol. The van der Waals surface area contributed by atoms with E-state index in [4.69, 9.17) is 0 Å². The van der Waals surface area contributed by atoms with Gasteiger partial charge in [-0.2, -0.15) is 8.42 Å². The lowest BCUT2D eigenvalue weighted by molar-refractivity contribution is 0.586. The quantitative estimate of drug-likeness (QED) is 0.752. The highest BCUT2D eigenvalue weighted by Crippen LogP contribution is 2.22. The molecule has 20 heavy (non-hydrogen) atoms. The van der Waals surface area contributed by atoms with E-state index in [-0.39, 0.29) is 11.1 Å². The van der Waals surface area contributed by atoms with Gasteiger partial charge in [0.2, 0.25) is 0 Å². The smallest absolute Gasteiger partial charge is 0.280 e. The standard InChI is InChI=1S/C11H17N5O2S2/c1-4-12-7(2)9-6-19-11(15-9)16-20(17,18)10-5-13-8(3)14-10/h5-7,12H,4H2,1-3H3,(H,13,14)(H,15,16). The van der Waals surface area contributed by atoms with E-state index in [0.29, 0.717) is 11.0 Å². The molecule has 0 fully saturated rings. The van der Waals surface area contributed by atoms with Crippen molar-refractivity contribution in [3.63, 3.8) is 0 Å². The summed E-state index contributed by atoms with van der Waals surface area (Å²) in [6.07, 6.45) is 1.29. The van der Waals surface area contributed by atoms with Crippen molar-refractivity contribution in [1.82, 2.24) is 20.3 Å². The highest BCUT2D eigenvalue weighted by molar-refractivity contribution is 7.92. The predicted octanol–water partition coefficient (Wildman–Crippen LogP) is 1.65. The Morgan fingerprint density at radius 1 is 1.50 bits per heavy atom. The van der Waals surface area contributed by atoms with E-state index < -0.39 is 10.0 Å². The average Bonchev–Trinajstić information content (AvgIpc) is 2.98. The third-order valence-electron chi connectivity index (χ3n) is 2.67. The molecule has 7 nitrogen and oxygen atoms in total. The maximum Gasteiger partial charge on any atom is 0.280 e. The van der Waals surface area contributed by atoms with Crippen LogP contribution in [0.25, 0.3) is 0 Å². The van der Waals surface area contributed by atoms with Crippen LogP contribution < -0.4 is 10.0 Å². The van der Waals surface area contributed by atoms with Gasteiger partial charge in [-0.3, -0.25) is 4.72 Å². The van der Waals surface area contributed by atoms with Gasteiger partial charge in [0.15, 0.2) is 10.2 Å². The minimum atomic E-state index is -3.66. The van der Waals surface area contributed by atoms with Crippen molar-refractivity contribution in [3.05, 3.63) is 23.1 Å². The number of hydrogen-bond acceptors (Lipinski definition) is 6. The van der Waals surface area contributed by atoms with Gasteiger partial charge in [-0.1, -0.05) is 6.92 Å². The number of aromatic amines is 1. The molecule has 0 aromatic carbocycles. The van der Waals surface area contributed by atoms with E-state index in [1.807, 2.05) is 19.2 Å². The van der Waals surface area contributed by atoms with Gasteiger partial charge < -0.3 is 10.3 Å². The molecular weight excluding hydrogens is 298 g/mol. The first-order valence-electron chi connectivity index (χ1n) is 6.15. The van der Waals surface area contributed by atoms with Gasteiger partial charge >= 0.3 is 0 Å². The molecule has 0 saturated heterocycles. The Hall–Kier alpha value is -1.45. The molecule has 2 heterocycles. The molecule has 2 aromatic rings. The summed E-state index contributed by atoms with van der Waals surface area (Å²) in [5.41, 5.74) is 0.815. The Balaban J connectivity index is 2.14. The zero-order valence-corrected chi connectivity index (χ0v) is 13.1. The van der Waals surface area contributed by atoms with Crippen molar-refractivity contribution >= 4 is 26.5 Å². The highest BCUT2D eigenvalue weighted by atomic mass is 32.2. The second-order valence-electron chi connectivity index (χ2n) is 4.30. The lowest BCUT2D eigenvalue weighted by Crippen LogP contribution is -2.18. The third kappa shape index (κ3) is 3.35. The van der Waals surface area contributed by atoms with E-state index in [9.17, 15) is 8.42 Å². The Labute approximate surface area is 121 Å². The summed E-state index contributed by atoms with van der Waals surface area (Å²) in [4.78, 5) is 10.8. The van der Waals surface area contributed by atoms with Gasteiger partial charge in [0.25, 0.3) is 10.0 Å². The van der Waals surface area contributed by atoms with Crippen LogP contribution in [0.2, 0.25) is 0 Å². The fourth-order valence-electron chi connectivity index (χ4n) is 1.65. The van der Waals surface area contributed by atoms with Gasteiger partial charge in [0.05, 0.1) is 11.9 Å². The summed E-state index contributed by atoms with van der Waals surface area (Å²) < 4.78 is 26.6. The normalized spacial score (nSPS) is 13.3. The van der Waals surface area contributed by atoms with Crippen molar-refractivity contribution in [2.75, 3.05) is 11.3 Å². The zero-order valence-electron chi connectivity index (χ0n) is 11.5. The molecule has 0 aliphatic heterocycles. The summed E-state index contributed by atoms with van der Waals surface area (Å²) in [5, 5.41) is 5.44. The van der Waals surface area contributed by atoms with E-state index in [0.717, 1.165) is 12.2 Å². The number of rotatable bonds is 6. The maximum absolute atomic E-state index is 12.1. The van der Waals surface area contributed by atoms with Crippen molar-refractivity contribution in [2.45, 2.75) is 31.8 Å². The first-order chi connectivity index (χ1) is 9.42. The third-order valence-corrected chi connectivity index (χ3v) is 4.82. The van der Waals surface area contributed by atoms with Gasteiger partial charge in [0.1, 0.15) is 5.82 Å². The van der Waals surface area contributed by atoms with E-state index in [1.165, 1.54) is 17.5 Å². The van der Waals surface area contributed by atoms with Crippen LogP contribution in [0.15, 0.2) is 16.6 Å². The second-order valence-corrected chi connectivity index (χ2v) is 6.80. The number of imidazole rings is 1. The summed E-state index contributed by atoms with van der Waals surface area (Å²) >= 11 is 1.26. The number of aromatic nitrogens is 3. The number of hydrogen-bond donors (Lipinski definition) is 3. The molecular formula is C11H17N5O2S2. The lowest BCUT2D eigenvalue weighted by atomic mass is 10.3. The Bertz CT molecular complexity index is 677. The molecule has 1 atom stereocenters. The lowest BCUT2D eigenvalue weighted by Gasteiger charge is -2.08. The van der Waals surface area contributed by atoms with Crippen molar-refractivity contribution < 1.29 is 8.42 Å². The van der Waals surface area contributed by atoms with Crippen molar-refractivity contribution in [3.8, 4) is 0 Å². The fourth-order valence-corrected chi connectivity index (χ4v) is 3.68. The first kappa shape index (κ1) is 14.9. The molecule has 1 unspecified atom stereocenters. The molecule has 9 heteroatoms. The van der Waals surface area contributed by atoms with Crippen LogP contribution in [0.3, 0.4) is 0 Å². The number of nitrogens with one attached hydrogen (secondary N) is 3. The van der Waals surface area contributed by atoms with Crippen molar-refractivity contribution in [2.24, 2.45) is 0 Å². The number of nitrogens with zero attached hydrogens (tertiary/aromatic N) is 2. The summed E-state index contributed by atoms with van der Waals surface area (Å²) in [7, 11) is -3.66. The SMILES string of the molecule is CCNC(C)c1csc(NS(=O)(=O)c2cnc(C)[nH]2)n1. The van der Waals surface area contributed by atoms with E-state index in [2.05, 4.69) is 25.0 Å². The molecule has 0 amide bonds. The molecule has 0 aliphatic rings. The summed E-state index contributed by atoms with van der Waals surface area (Å²) in [5.74, 6) is 0.547. The summed E-state index contributed by atoms with van der Waals surface area (Å²) in [6.45, 7) is 6.51. The second kappa shape index (κ2) is 5.90. The zero-order chi connectivity index (χ0) is 14.8. The predicted molar refractivity (Wildman–Crippen MR) is 78.3 cm³/mol. The van der Waals surface area contributed by atoms with Gasteiger partial charge in [0, 0.05) is 11.4 Å². The fraction of sp³-hybridized carbons (Fsp3) is 0.455. The molecule has 2 rings (SSSR count). The Kier molecular flexibility index (Phi) is 4.41. The monoisotopic (exact) mass is 315 g/mol. The minimum absolute atomic E-state index is 0.0338. The van der Waals surface area contributed by atoms with Crippen LogP contribution >= 0.6 is 11.3 Å². The van der Waals surface area contributed by atoms with Crippen LogP contribution in [-0.2, 0) is 10.0 Å². The molecule has 0 aliphatic carbocycles. The Morgan fingerprint density at radius 3 is 2.85 bits per heavy atom. The molecule has 0 spiro atoms. The highest BCUT2D eigenvalue weighted by Gasteiger charge is 2.19. The number of thiazole rings is 1. The molecule has 0 radical (unpaired) electrons. The van der Waals surface area contributed by atoms with Gasteiger partial charge in [-0.05, 0) is 20.4 Å². The Morgan fingerprint density at radius 2 is 2.25 bits per heavy atom. The number of H-pyrrole nitrogens is 1. The van der Waals surface area contributed by atoms with E-state index in [1.54, 1.807) is 6.92 Å². The number of sulfonamides is 1. The van der Waals surface area contributed by atoms with Crippen LogP contribution in [0, 0.1) is 6.92 Å².